The molecule has 0 bridgehead atoms. The summed E-state index contributed by atoms with van der Waals surface area (Å²) in [4.78, 5) is 4.37. The fraction of sp³-hybridized carbons (Fsp3) is 0.471. The number of fused-ring (bicyclic) bond motifs is 1. The lowest BCUT2D eigenvalue weighted by Crippen LogP contribution is -2.41. The molecular weight excluding hydrogens is 248 g/mol. The molecule has 0 radical (unpaired) electrons. The van der Waals surface area contributed by atoms with Crippen molar-refractivity contribution in [2.24, 2.45) is 0 Å². The summed E-state index contributed by atoms with van der Waals surface area (Å²) in [5, 5.41) is 4.71. The van der Waals surface area contributed by atoms with Crippen LogP contribution in [0.4, 0.5) is 0 Å². The predicted molar refractivity (Wildman–Crippen MR) is 83.9 cm³/mol. The van der Waals surface area contributed by atoms with Gasteiger partial charge in [-0.1, -0.05) is 19.1 Å². The molecule has 3 nitrogen and oxygen atoms in total. The number of likely N-dealkylation sites (N-methyl/N-ethyl adjacent to an activating group) is 1. The monoisotopic (exact) mass is 272 g/mol. The Morgan fingerprint density at radius 2 is 2.05 bits per heavy atom. The molecule has 0 aliphatic heterocycles. The molecule has 1 heterocycles. The van der Waals surface area contributed by atoms with Crippen LogP contribution in [0.1, 0.15) is 39.3 Å². The fourth-order valence-corrected chi connectivity index (χ4v) is 2.70. The second-order valence-corrected chi connectivity index (χ2v) is 5.48. The van der Waals surface area contributed by atoms with Gasteiger partial charge in [0.25, 0.3) is 0 Å². The van der Waals surface area contributed by atoms with E-state index in [4.69, 9.17) is 4.74 Å². The summed E-state index contributed by atoms with van der Waals surface area (Å²) in [6.07, 6.45) is 1.83. The summed E-state index contributed by atoms with van der Waals surface area (Å²) < 4.78 is 5.93. The maximum Gasteiger partial charge on any atom is 0.0820 e. The normalized spacial score (nSPS) is 13.6. The lowest BCUT2D eigenvalue weighted by molar-refractivity contribution is -0.0388. The molecule has 3 heteroatoms. The van der Waals surface area contributed by atoms with Crippen LogP contribution in [0.25, 0.3) is 10.9 Å². The van der Waals surface area contributed by atoms with Crippen molar-refractivity contribution in [3.8, 4) is 0 Å². The van der Waals surface area contributed by atoms with Gasteiger partial charge in [0, 0.05) is 18.2 Å². The lowest BCUT2D eigenvalue weighted by Gasteiger charge is -2.35. The third kappa shape index (κ3) is 3.17. The highest BCUT2D eigenvalue weighted by Gasteiger charge is 2.30. The maximum absolute atomic E-state index is 5.93. The molecule has 1 atom stereocenters. The molecule has 2 rings (SSSR count). The summed E-state index contributed by atoms with van der Waals surface area (Å²) in [6, 6.07) is 10.7. The van der Waals surface area contributed by atoms with Crippen molar-refractivity contribution in [1.29, 1.82) is 0 Å². The summed E-state index contributed by atoms with van der Waals surface area (Å²) >= 11 is 0. The smallest absolute Gasteiger partial charge is 0.0820 e. The fourth-order valence-electron chi connectivity index (χ4n) is 2.70. The number of benzene rings is 1. The Morgan fingerprint density at radius 1 is 1.25 bits per heavy atom. The molecule has 0 amide bonds. The van der Waals surface area contributed by atoms with Gasteiger partial charge in [0.2, 0.25) is 0 Å². The Bertz CT molecular complexity index is 566. The van der Waals surface area contributed by atoms with Gasteiger partial charge >= 0.3 is 0 Å². The van der Waals surface area contributed by atoms with Gasteiger partial charge in [0.15, 0.2) is 0 Å². The minimum Gasteiger partial charge on any atom is -0.374 e. The van der Waals surface area contributed by atoms with Crippen LogP contribution in [-0.2, 0) is 4.74 Å². The van der Waals surface area contributed by atoms with E-state index in [-0.39, 0.29) is 11.6 Å². The van der Waals surface area contributed by atoms with Gasteiger partial charge < -0.3 is 10.1 Å². The summed E-state index contributed by atoms with van der Waals surface area (Å²) in [6.45, 7) is 10.1. The molecule has 0 fully saturated rings. The van der Waals surface area contributed by atoms with E-state index in [1.807, 2.05) is 19.2 Å². The first-order valence-electron chi connectivity index (χ1n) is 7.30. The number of hydrogen-bond donors (Lipinski definition) is 1. The van der Waals surface area contributed by atoms with Crippen molar-refractivity contribution < 1.29 is 4.74 Å². The highest BCUT2D eigenvalue weighted by molar-refractivity contribution is 5.79. The molecule has 1 aromatic heterocycles. The first-order valence-corrected chi connectivity index (χ1v) is 7.30. The first kappa shape index (κ1) is 14.9. The van der Waals surface area contributed by atoms with E-state index in [9.17, 15) is 0 Å². The van der Waals surface area contributed by atoms with Crippen LogP contribution in [-0.4, -0.2) is 23.7 Å². The van der Waals surface area contributed by atoms with Gasteiger partial charge in [-0.25, -0.2) is 0 Å². The van der Waals surface area contributed by atoms with E-state index in [0.29, 0.717) is 6.61 Å². The zero-order valence-corrected chi connectivity index (χ0v) is 12.8. The number of rotatable bonds is 6. The van der Waals surface area contributed by atoms with Crippen molar-refractivity contribution in [2.75, 3.05) is 13.2 Å². The molecule has 1 N–H and O–H groups in total. The summed E-state index contributed by atoms with van der Waals surface area (Å²) in [5.41, 5.74) is 2.02. The summed E-state index contributed by atoms with van der Waals surface area (Å²) in [7, 11) is 0. The maximum atomic E-state index is 5.93. The number of hydrogen-bond acceptors (Lipinski definition) is 3. The van der Waals surface area contributed by atoms with Crippen molar-refractivity contribution in [3.05, 3.63) is 42.1 Å². The van der Waals surface area contributed by atoms with Gasteiger partial charge in [0.1, 0.15) is 0 Å². The Kier molecular flexibility index (Phi) is 4.73. The minimum atomic E-state index is -0.249. The minimum absolute atomic E-state index is 0.164. The molecule has 0 saturated heterocycles. The van der Waals surface area contributed by atoms with Crippen LogP contribution in [0.2, 0.25) is 0 Å². The lowest BCUT2D eigenvalue weighted by atomic mass is 9.90. The van der Waals surface area contributed by atoms with Gasteiger partial charge in [0.05, 0.1) is 17.2 Å². The van der Waals surface area contributed by atoms with E-state index >= 15 is 0 Å². The second-order valence-electron chi connectivity index (χ2n) is 5.48. The zero-order valence-electron chi connectivity index (χ0n) is 12.8. The standard InChI is InChI=1S/C17H24N2O/c1-5-18-16(17(3,4)20-6-2)14-9-10-15-13(12-14)8-7-11-19-15/h7-12,16,18H,5-6H2,1-4H3. The van der Waals surface area contributed by atoms with Gasteiger partial charge in [-0.15, -0.1) is 0 Å². The molecule has 2 aromatic rings. The Labute approximate surface area is 121 Å². The first-order chi connectivity index (χ1) is 9.58. The molecule has 20 heavy (non-hydrogen) atoms. The number of nitrogens with zero attached hydrogens (tertiary/aromatic N) is 1. The summed E-state index contributed by atoms with van der Waals surface area (Å²) in [5.74, 6) is 0. The largest absolute Gasteiger partial charge is 0.374 e. The average Bonchev–Trinajstić information content (AvgIpc) is 2.44. The van der Waals surface area contributed by atoms with Crippen molar-refractivity contribution in [3.63, 3.8) is 0 Å². The molecule has 108 valence electrons. The van der Waals surface area contributed by atoms with E-state index in [0.717, 1.165) is 12.1 Å². The van der Waals surface area contributed by atoms with E-state index < -0.39 is 0 Å². The van der Waals surface area contributed by atoms with E-state index in [2.05, 4.69) is 55.3 Å². The van der Waals surface area contributed by atoms with Crippen LogP contribution in [0.3, 0.4) is 0 Å². The van der Waals surface area contributed by atoms with Crippen LogP contribution in [0, 0.1) is 0 Å². The highest BCUT2D eigenvalue weighted by atomic mass is 16.5. The van der Waals surface area contributed by atoms with Crippen LogP contribution >= 0.6 is 0 Å². The second kappa shape index (κ2) is 6.33. The quantitative estimate of drug-likeness (QED) is 0.870. The third-order valence-corrected chi connectivity index (χ3v) is 3.58. The van der Waals surface area contributed by atoms with Crippen LogP contribution < -0.4 is 5.32 Å². The number of nitrogens with one attached hydrogen (secondary N) is 1. The molecule has 1 unspecified atom stereocenters. The molecule has 0 aliphatic carbocycles. The average molecular weight is 272 g/mol. The van der Waals surface area contributed by atoms with Crippen molar-refractivity contribution in [2.45, 2.75) is 39.3 Å². The van der Waals surface area contributed by atoms with Crippen LogP contribution in [0.15, 0.2) is 36.5 Å². The highest BCUT2D eigenvalue weighted by Crippen LogP contribution is 2.30. The SMILES string of the molecule is CCNC(c1ccc2ncccc2c1)C(C)(C)OCC. The van der Waals surface area contributed by atoms with Crippen LogP contribution in [0.5, 0.6) is 0 Å². The Hall–Kier alpha value is -1.45. The molecule has 0 spiro atoms. The number of aromatic nitrogens is 1. The molecule has 0 aliphatic rings. The Morgan fingerprint density at radius 3 is 2.75 bits per heavy atom. The van der Waals surface area contributed by atoms with Gasteiger partial charge in [-0.3, -0.25) is 4.98 Å². The molecular formula is C17H24N2O. The van der Waals surface area contributed by atoms with Gasteiger partial charge in [-0.2, -0.15) is 0 Å². The topological polar surface area (TPSA) is 34.2 Å². The molecule has 1 aromatic carbocycles. The predicted octanol–water partition coefficient (Wildman–Crippen LogP) is 3.70. The van der Waals surface area contributed by atoms with Crippen molar-refractivity contribution >= 4 is 10.9 Å². The zero-order chi connectivity index (χ0) is 14.6. The third-order valence-electron chi connectivity index (χ3n) is 3.58. The van der Waals surface area contributed by atoms with E-state index in [1.54, 1.807) is 0 Å². The van der Waals surface area contributed by atoms with Crippen molar-refractivity contribution in [1.82, 2.24) is 10.3 Å². The molecule has 0 saturated carbocycles. The number of pyridine rings is 1. The van der Waals surface area contributed by atoms with E-state index in [1.165, 1.54) is 10.9 Å². The number of ether oxygens (including phenoxy) is 1. The Balaban J connectivity index is 2.40. The van der Waals surface area contributed by atoms with Gasteiger partial charge in [-0.05, 0) is 51.1 Å².